The van der Waals surface area contributed by atoms with Crippen LogP contribution in [0, 0.1) is 0 Å². The second-order valence-electron chi connectivity index (χ2n) is 2.69. The molecule has 1 unspecified atom stereocenters. The lowest BCUT2D eigenvalue weighted by molar-refractivity contribution is -0.141. The number of aliphatic hydroxyl groups is 3. The Bertz CT molecular complexity index is 156. The van der Waals surface area contributed by atoms with E-state index in [1.165, 1.54) is 0 Å². The molecule has 0 bridgehead atoms. The van der Waals surface area contributed by atoms with E-state index in [0.717, 1.165) is 0 Å². The Labute approximate surface area is 69.2 Å². The molecule has 72 valence electrons. The van der Waals surface area contributed by atoms with Gasteiger partial charge in [-0.15, -0.1) is 0 Å². The van der Waals surface area contributed by atoms with E-state index in [4.69, 9.17) is 21.1 Å². The van der Waals surface area contributed by atoms with Crippen LogP contribution < -0.4 is 5.73 Å². The minimum absolute atomic E-state index is 0.380. The van der Waals surface area contributed by atoms with E-state index in [0.29, 0.717) is 0 Å². The van der Waals surface area contributed by atoms with E-state index in [2.05, 4.69) is 0 Å². The van der Waals surface area contributed by atoms with Crippen molar-refractivity contribution in [2.24, 2.45) is 5.73 Å². The molecule has 0 aliphatic heterocycles. The molecule has 0 amide bonds. The van der Waals surface area contributed by atoms with Gasteiger partial charge in [-0.3, -0.25) is 4.79 Å². The summed E-state index contributed by atoms with van der Waals surface area (Å²) in [6.07, 6.45) is -0.380. The van der Waals surface area contributed by atoms with Gasteiger partial charge in [0.15, 0.2) is 0 Å². The summed E-state index contributed by atoms with van der Waals surface area (Å²) in [6, 6.07) is -1.28. The number of hydrogen-bond acceptors (Lipinski definition) is 5. The molecule has 0 spiro atoms. The van der Waals surface area contributed by atoms with Crippen LogP contribution >= 0.6 is 0 Å². The number of aliphatic carboxylic acids is 1. The van der Waals surface area contributed by atoms with Crippen LogP contribution in [0.15, 0.2) is 0 Å². The normalized spacial score (nSPS) is 14.3. The predicted octanol–water partition coefficient (Wildman–Crippen LogP) is -2.50. The highest BCUT2D eigenvalue weighted by Crippen LogP contribution is 2.10. The van der Waals surface area contributed by atoms with Crippen molar-refractivity contribution in [3.8, 4) is 0 Å². The number of nitrogens with two attached hydrogens (primary N) is 1. The van der Waals surface area contributed by atoms with Crippen molar-refractivity contribution < 1.29 is 25.2 Å². The maximum Gasteiger partial charge on any atom is 0.320 e. The van der Waals surface area contributed by atoms with Gasteiger partial charge in [0.25, 0.3) is 0 Å². The molecule has 0 aliphatic rings. The average molecular weight is 179 g/mol. The van der Waals surface area contributed by atoms with E-state index < -0.39 is 30.8 Å². The summed E-state index contributed by atoms with van der Waals surface area (Å²) in [5.74, 6) is -1.28. The highest BCUT2D eigenvalue weighted by Gasteiger charge is 2.30. The molecule has 0 aliphatic carbocycles. The molecule has 6 nitrogen and oxygen atoms in total. The molecule has 0 aromatic rings. The fourth-order valence-corrected chi connectivity index (χ4v) is 0.676. The molecule has 6 N–H and O–H groups in total. The third-order valence-corrected chi connectivity index (χ3v) is 1.51. The lowest BCUT2D eigenvalue weighted by atomic mass is 9.97. The zero-order valence-corrected chi connectivity index (χ0v) is 6.47. The van der Waals surface area contributed by atoms with Gasteiger partial charge in [0, 0.05) is 6.42 Å². The number of carbonyl (C=O) groups is 1. The van der Waals surface area contributed by atoms with Crippen molar-refractivity contribution in [2.45, 2.75) is 18.1 Å². The molecule has 0 aromatic carbocycles. The first kappa shape index (κ1) is 11.3. The summed E-state index contributed by atoms with van der Waals surface area (Å²) in [7, 11) is 0. The highest BCUT2D eigenvalue weighted by atomic mass is 16.4. The molecule has 1 atom stereocenters. The SMILES string of the molecule is NC(CC(O)(CO)CO)C(=O)O. The Morgan fingerprint density at radius 1 is 1.42 bits per heavy atom. The molecule has 0 radical (unpaired) electrons. The lowest BCUT2D eigenvalue weighted by Crippen LogP contribution is -2.46. The summed E-state index contributed by atoms with van der Waals surface area (Å²) in [5.41, 5.74) is 3.26. The number of hydrogen-bond donors (Lipinski definition) is 5. The molecule has 0 saturated heterocycles. The Hall–Kier alpha value is -0.690. The molecule has 12 heavy (non-hydrogen) atoms. The van der Waals surface area contributed by atoms with Crippen LogP contribution in [0.2, 0.25) is 0 Å². The number of aliphatic hydroxyl groups excluding tert-OH is 2. The topological polar surface area (TPSA) is 124 Å². The molecule has 0 fully saturated rings. The van der Waals surface area contributed by atoms with Gasteiger partial charge in [-0.2, -0.15) is 0 Å². The Kier molecular flexibility index (Phi) is 4.11. The fourth-order valence-electron chi connectivity index (χ4n) is 0.676. The Morgan fingerprint density at radius 3 is 2.08 bits per heavy atom. The van der Waals surface area contributed by atoms with Gasteiger partial charge in [-0.25, -0.2) is 0 Å². The average Bonchev–Trinajstić information content (AvgIpc) is 2.04. The van der Waals surface area contributed by atoms with Crippen molar-refractivity contribution >= 4 is 5.97 Å². The third kappa shape index (κ3) is 3.14. The van der Waals surface area contributed by atoms with Crippen LogP contribution in [-0.2, 0) is 4.79 Å². The van der Waals surface area contributed by atoms with Crippen LogP contribution in [0.25, 0.3) is 0 Å². The summed E-state index contributed by atoms with van der Waals surface area (Å²) < 4.78 is 0. The minimum Gasteiger partial charge on any atom is -0.480 e. The van der Waals surface area contributed by atoms with Gasteiger partial charge < -0.3 is 26.2 Å². The van der Waals surface area contributed by atoms with Gasteiger partial charge >= 0.3 is 5.97 Å². The van der Waals surface area contributed by atoms with Gasteiger partial charge in [-0.1, -0.05) is 0 Å². The molecule has 0 rings (SSSR count). The van der Waals surface area contributed by atoms with Crippen molar-refractivity contribution in [1.82, 2.24) is 0 Å². The van der Waals surface area contributed by atoms with Crippen molar-refractivity contribution in [2.75, 3.05) is 13.2 Å². The number of rotatable bonds is 5. The van der Waals surface area contributed by atoms with E-state index >= 15 is 0 Å². The van der Waals surface area contributed by atoms with Gasteiger partial charge in [0.05, 0.1) is 13.2 Å². The largest absolute Gasteiger partial charge is 0.480 e. The van der Waals surface area contributed by atoms with Crippen LogP contribution in [0.5, 0.6) is 0 Å². The first-order valence-corrected chi connectivity index (χ1v) is 3.37. The van der Waals surface area contributed by atoms with E-state index in [1.54, 1.807) is 0 Å². The van der Waals surface area contributed by atoms with Crippen molar-refractivity contribution in [3.05, 3.63) is 0 Å². The smallest absolute Gasteiger partial charge is 0.320 e. The predicted molar refractivity (Wildman–Crippen MR) is 39.3 cm³/mol. The minimum atomic E-state index is -1.81. The van der Waals surface area contributed by atoms with E-state index in [9.17, 15) is 9.90 Å². The quantitative estimate of drug-likeness (QED) is 0.318. The highest BCUT2D eigenvalue weighted by molar-refractivity contribution is 5.73. The lowest BCUT2D eigenvalue weighted by Gasteiger charge is -2.24. The first-order valence-electron chi connectivity index (χ1n) is 3.37. The number of carboxylic acids is 1. The third-order valence-electron chi connectivity index (χ3n) is 1.51. The summed E-state index contributed by atoms with van der Waals surface area (Å²) in [5, 5.41) is 34.7. The van der Waals surface area contributed by atoms with Crippen LogP contribution in [0.4, 0.5) is 0 Å². The Morgan fingerprint density at radius 2 is 1.83 bits per heavy atom. The van der Waals surface area contributed by atoms with Crippen LogP contribution in [-0.4, -0.2) is 51.3 Å². The van der Waals surface area contributed by atoms with Crippen LogP contribution in [0.1, 0.15) is 6.42 Å². The summed E-state index contributed by atoms with van der Waals surface area (Å²) in [6.45, 7) is -1.44. The molecule has 6 heteroatoms. The summed E-state index contributed by atoms with van der Waals surface area (Å²) >= 11 is 0. The number of carboxylic acid groups (broad SMARTS) is 1. The van der Waals surface area contributed by atoms with Gasteiger partial charge in [0.1, 0.15) is 11.6 Å². The second kappa shape index (κ2) is 4.36. The zero-order valence-electron chi connectivity index (χ0n) is 6.47. The van der Waals surface area contributed by atoms with Crippen LogP contribution in [0.3, 0.4) is 0 Å². The van der Waals surface area contributed by atoms with Crippen molar-refractivity contribution in [1.29, 1.82) is 0 Å². The Balaban J connectivity index is 4.11. The summed E-state index contributed by atoms with van der Waals surface area (Å²) in [4.78, 5) is 10.2. The molecule has 0 aromatic heterocycles. The monoisotopic (exact) mass is 179 g/mol. The maximum absolute atomic E-state index is 10.2. The maximum atomic E-state index is 10.2. The molecule has 0 heterocycles. The van der Waals surface area contributed by atoms with E-state index in [1.807, 2.05) is 0 Å². The first-order chi connectivity index (χ1) is 5.45. The van der Waals surface area contributed by atoms with Gasteiger partial charge in [0.2, 0.25) is 0 Å². The van der Waals surface area contributed by atoms with Gasteiger partial charge in [-0.05, 0) is 0 Å². The molecular formula is C6H13NO5. The van der Waals surface area contributed by atoms with E-state index in [-0.39, 0.29) is 6.42 Å². The zero-order chi connectivity index (χ0) is 9.78. The van der Waals surface area contributed by atoms with Crippen molar-refractivity contribution in [3.63, 3.8) is 0 Å². The fraction of sp³-hybridized carbons (Fsp3) is 0.833. The standard InChI is InChI=1S/C6H13NO5/c7-4(5(10)11)1-6(12,2-8)3-9/h4,8-9,12H,1-3,7H2,(H,10,11). The second-order valence-corrected chi connectivity index (χ2v) is 2.69. The molecular weight excluding hydrogens is 166 g/mol. The molecule has 0 saturated carbocycles.